The van der Waals surface area contributed by atoms with Crippen molar-refractivity contribution < 1.29 is 9.18 Å². The van der Waals surface area contributed by atoms with Gasteiger partial charge in [-0.05, 0) is 75.0 Å². The van der Waals surface area contributed by atoms with Crippen molar-refractivity contribution in [3.05, 3.63) is 65.7 Å². The topological polar surface area (TPSA) is 66.0 Å². The van der Waals surface area contributed by atoms with E-state index >= 15 is 0 Å². The Bertz CT molecular complexity index is 734. The quantitative estimate of drug-likeness (QED) is 0.622. The van der Waals surface area contributed by atoms with E-state index < -0.39 is 6.04 Å². The van der Waals surface area contributed by atoms with Crippen molar-refractivity contribution in [3.63, 3.8) is 0 Å². The molecular weight excluding hydrogens is 355 g/mol. The summed E-state index contributed by atoms with van der Waals surface area (Å²) in [5.74, 6) is 0.111. The van der Waals surface area contributed by atoms with Crippen molar-refractivity contribution in [2.45, 2.75) is 31.7 Å². The van der Waals surface area contributed by atoms with Crippen LogP contribution in [-0.2, 0) is 11.2 Å². The summed E-state index contributed by atoms with van der Waals surface area (Å²) in [5, 5.41) is 9.60. The molecule has 1 amide bonds. The average Bonchev–Trinajstić information content (AvgIpc) is 2.73. The van der Waals surface area contributed by atoms with Crippen molar-refractivity contribution in [1.29, 1.82) is 0 Å². The Kier molecular flexibility index (Phi) is 7.94. The summed E-state index contributed by atoms with van der Waals surface area (Å²) in [7, 11) is 0. The molecule has 1 aromatic carbocycles. The molecule has 1 saturated heterocycles. The molecule has 0 spiro atoms. The van der Waals surface area contributed by atoms with Gasteiger partial charge in [-0.1, -0.05) is 18.2 Å². The number of nitrogens with zero attached hydrogens (tertiary/aromatic N) is 1. The van der Waals surface area contributed by atoms with Crippen LogP contribution in [0, 0.1) is 11.7 Å². The fourth-order valence-corrected chi connectivity index (χ4v) is 3.64. The number of pyridine rings is 1. The van der Waals surface area contributed by atoms with Crippen LogP contribution >= 0.6 is 0 Å². The maximum atomic E-state index is 14.3. The molecule has 1 fully saturated rings. The number of hydrogen-bond donors (Lipinski definition) is 3. The first kappa shape index (κ1) is 20.4. The molecule has 3 N–H and O–H groups in total. The maximum absolute atomic E-state index is 14.3. The number of benzene rings is 1. The molecule has 1 atom stereocenters. The fraction of sp³-hybridized carbons (Fsp3) is 0.455. The molecule has 2 heterocycles. The molecule has 6 heteroatoms. The predicted octanol–water partition coefficient (Wildman–Crippen LogP) is 2.60. The predicted molar refractivity (Wildman–Crippen MR) is 108 cm³/mol. The van der Waals surface area contributed by atoms with E-state index in [-0.39, 0.29) is 11.7 Å². The van der Waals surface area contributed by atoms with Gasteiger partial charge in [0.25, 0.3) is 0 Å². The van der Waals surface area contributed by atoms with Crippen LogP contribution in [0.5, 0.6) is 0 Å². The number of nitrogens with one attached hydrogen (secondary N) is 3. The highest BCUT2D eigenvalue weighted by Crippen LogP contribution is 2.19. The second-order valence-electron chi connectivity index (χ2n) is 7.29. The second-order valence-corrected chi connectivity index (χ2v) is 7.29. The lowest BCUT2D eigenvalue weighted by Crippen LogP contribution is -2.40. The number of halogens is 1. The maximum Gasteiger partial charge on any atom is 0.241 e. The third-order valence-corrected chi connectivity index (χ3v) is 5.30. The van der Waals surface area contributed by atoms with Crippen LogP contribution in [-0.4, -0.2) is 37.1 Å². The van der Waals surface area contributed by atoms with Gasteiger partial charge in [-0.2, -0.15) is 0 Å². The van der Waals surface area contributed by atoms with E-state index in [1.54, 1.807) is 30.6 Å². The normalized spacial score (nSPS) is 15.9. The monoisotopic (exact) mass is 384 g/mol. The SMILES string of the molecule is O=C(NCCc1ccncc1)[C@H](NCCC1CCNCC1)c1ccccc1F. The minimum Gasteiger partial charge on any atom is -0.354 e. The Morgan fingerprint density at radius 1 is 1.14 bits per heavy atom. The first-order valence-corrected chi connectivity index (χ1v) is 10.1. The lowest BCUT2D eigenvalue weighted by Gasteiger charge is -2.24. The van der Waals surface area contributed by atoms with Gasteiger partial charge in [-0.25, -0.2) is 4.39 Å². The zero-order valence-corrected chi connectivity index (χ0v) is 16.2. The van der Waals surface area contributed by atoms with Gasteiger partial charge in [0.15, 0.2) is 0 Å². The highest BCUT2D eigenvalue weighted by molar-refractivity contribution is 5.83. The third-order valence-electron chi connectivity index (χ3n) is 5.30. The standard InChI is InChI=1S/C22H29FN4O/c23-20-4-2-1-3-19(20)21(26-15-9-17-5-11-24-12-6-17)22(28)27-16-10-18-7-13-25-14-8-18/h1-4,7-8,13-14,17,21,24,26H,5-6,9-12,15-16H2,(H,27,28)/t21-/m1/s1. The Balaban J connectivity index is 1.56. The van der Waals surface area contributed by atoms with E-state index in [1.807, 2.05) is 12.1 Å². The van der Waals surface area contributed by atoms with Crippen molar-refractivity contribution in [2.75, 3.05) is 26.2 Å². The van der Waals surface area contributed by atoms with Crippen molar-refractivity contribution >= 4 is 5.91 Å². The van der Waals surface area contributed by atoms with Crippen LogP contribution < -0.4 is 16.0 Å². The minimum atomic E-state index is -0.680. The van der Waals surface area contributed by atoms with Gasteiger partial charge in [0, 0.05) is 24.5 Å². The van der Waals surface area contributed by atoms with E-state index in [1.165, 1.54) is 6.07 Å². The summed E-state index contributed by atoms with van der Waals surface area (Å²) in [6, 6.07) is 9.67. The Hall–Kier alpha value is -2.31. The average molecular weight is 384 g/mol. The largest absolute Gasteiger partial charge is 0.354 e. The Morgan fingerprint density at radius 3 is 2.64 bits per heavy atom. The van der Waals surface area contributed by atoms with Gasteiger partial charge in [-0.15, -0.1) is 0 Å². The molecular formula is C22H29FN4O. The van der Waals surface area contributed by atoms with Gasteiger partial charge < -0.3 is 16.0 Å². The molecule has 3 rings (SSSR count). The first-order valence-electron chi connectivity index (χ1n) is 10.1. The molecule has 1 aliphatic rings. The van der Waals surface area contributed by atoms with Crippen LogP contribution in [0.4, 0.5) is 4.39 Å². The van der Waals surface area contributed by atoms with Crippen LogP contribution in [0.15, 0.2) is 48.8 Å². The molecule has 1 aromatic heterocycles. The summed E-state index contributed by atoms with van der Waals surface area (Å²) in [4.78, 5) is 16.8. The Labute approximate surface area is 166 Å². The molecule has 0 saturated carbocycles. The number of carbonyl (C=O) groups is 1. The van der Waals surface area contributed by atoms with E-state index in [0.717, 1.165) is 37.9 Å². The summed E-state index contributed by atoms with van der Waals surface area (Å²) < 4.78 is 14.3. The molecule has 0 aliphatic carbocycles. The molecule has 1 aliphatic heterocycles. The van der Waals surface area contributed by atoms with E-state index in [4.69, 9.17) is 0 Å². The van der Waals surface area contributed by atoms with Gasteiger partial charge >= 0.3 is 0 Å². The number of rotatable bonds is 9. The highest BCUT2D eigenvalue weighted by atomic mass is 19.1. The number of aromatic nitrogens is 1. The molecule has 150 valence electrons. The van der Waals surface area contributed by atoms with Crippen LogP contribution in [0.1, 0.15) is 36.4 Å². The molecule has 0 bridgehead atoms. The summed E-state index contributed by atoms with van der Waals surface area (Å²) >= 11 is 0. The molecule has 5 nitrogen and oxygen atoms in total. The summed E-state index contributed by atoms with van der Waals surface area (Å²) in [6.07, 6.45) is 7.50. The van der Waals surface area contributed by atoms with E-state index in [0.29, 0.717) is 31.0 Å². The van der Waals surface area contributed by atoms with Crippen molar-refractivity contribution in [2.24, 2.45) is 5.92 Å². The van der Waals surface area contributed by atoms with Gasteiger partial charge in [-0.3, -0.25) is 9.78 Å². The van der Waals surface area contributed by atoms with Gasteiger partial charge in [0.2, 0.25) is 5.91 Å². The van der Waals surface area contributed by atoms with E-state index in [9.17, 15) is 9.18 Å². The number of hydrogen-bond acceptors (Lipinski definition) is 4. The highest BCUT2D eigenvalue weighted by Gasteiger charge is 2.23. The number of carbonyl (C=O) groups excluding carboxylic acids is 1. The zero-order chi connectivity index (χ0) is 19.6. The third kappa shape index (κ3) is 6.11. The Morgan fingerprint density at radius 2 is 1.89 bits per heavy atom. The van der Waals surface area contributed by atoms with Crippen molar-refractivity contribution in [1.82, 2.24) is 20.9 Å². The lowest BCUT2D eigenvalue weighted by atomic mass is 9.94. The minimum absolute atomic E-state index is 0.190. The molecule has 2 aromatic rings. The number of amides is 1. The zero-order valence-electron chi connectivity index (χ0n) is 16.2. The molecule has 0 radical (unpaired) electrons. The smallest absolute Gasteiger partial charge is 0.241 e. The number of piperidine rings is 1. The lowest BCUT2D eigenvalue weighted by molar-refractivity contribution is -0.123. The van der Waals surface area contributed by atoms with Gasteiger partial charge in [0.05, 0.1) is 0 Å². The summed E-state index contributed by atoms with van der Waals surface area (Å²) in [5.41, 5.74) is 1.51. The fourth-order valence-electron chi connectivity index (χ4n) is 3.64. The molecule has 0 unspecified atom stereocenters. The van der Waals surface area contributed by atoms with Crippen molar-refractivity contribution in [3.8, 4) is 0 Å². The molecule has 28 heavy (non-hydrogen) atoms. The van der Waals surface area contributed by atoms with Crippen LogP contribution in [0.3, 0.4) is 0 Å². The van der Waals surface area contributed by atoms with Crippen LogP contribution in [0.25, 0.3) is 0 Å². The van der Waals surface area contributed by atoms with E-state index in [2.05, 4.69) is 20.9 Å². The van der Waals surface area contributed by atoms with Gasteiger partial charge in [0.1, 0.15) is 11.9 Å². The summed E-state index contributed by atoms with van der Waals surface area (Å²) in [6.45, 7) is 3.30. The second kappa shape index (κ2) is 10.9. The van der Waals surface area contributed by atoms with Crippen LogP contribution in [0.2, 0.25) is 0 Å². The first-order chi connectivity index (χ1) is 13.7.